The molecule has 1 aliphatic rings. The second-order valence-electron chi connectivity index (χ2n) is 6.57. The average molecular weight is 343 g/mol. The lowest BCUT2D eigenvalue weighted by Crippen LogP contribution is -2.45. The van der Waals surface area contributed by atoms with E-state index in [4.69, 9.17) is 4.74 Å². The van der Waals surface area contributed by atoms with Crippen molar-refractivity contribution in [2.75, 3.05) is 19.7 Å². The van der Waals surface area contributed by atoms with E-state index in [1.165, 1.54) is 4.68 Å². The van der Waals surface area contributed by atoms with Crippen molar-refractivity contribution >= 4 is 16.7 Å². The van der Waals surface area contributed by atoms with Crippen molar-refractivity contribution < 1.29 is 9.53 Å². The first-order valence-corrected chi connectivity index (χ1v) is 8.96. The van der Waals surface area contributed by atoms with E-state index in [1.54, 1.807) is 11.0 Å². The van der Waals surface area contributed by atoms with Gasteiger partial charge in [0, 0.05) is 25.1 Å². The minimum Gasteiger partial charge on any atom is -0.376 e. The van der Waals surface area contributed by atoms with E-state index in [-0.39, 0.29) is 24.1 Å². The minimum atomic E-state index is -0.217. The highest BCUT2D eigenvalue weighted by Gasteiger charge is 2.24. The minimum absolute atomic E-state index is 0.0228. The van der Waals surface area contributed by atoms with Crippen LogP contribution in [0.4, 0.5) is 0 Å². The third kappa shape index (κ3) is 3.90. The highest BCUT2D eigenvalue weighted by Crippen LogP contribution is 2.15. The van der Waals surface area contributed by atoms with Crippen LogP contribution in [-0.2, 0) is 16.1 Å². The number of nitrogens with zero attached hydrogens (tertiary/aromatic N) is 3. The molecule has 1 fully saturated rings. The summed E-state index contributed by atoms with van der Waals surface area (Å²) >= 11 is 0. The van der Waals surface area contributed by atoms with Gasteiger partial charge in [-0.1, -0.05) is 25.1 Å². The number of aryl methyl sites for hydroxylation is 1. The maximum Gasteiger partial charge on any atom is 0.275 e. The Morgan fingerprint density at radius 1 is 1.32 bits per heavy atom. The largest absolute Gasteiger partial charge is 0.376 e. The first kappa shape index (κ1) is 17.6. The first-order chi connectivity index (χ1) is 12.1. The SMILES string of the molecule is CCCOC1CCCN(C(=O)Cn2nc(C)c3ccccc3c2=O)C1. The van der Waals surface area contributed by atoms with Gasteiger partial charge in [0.2, 0.25) is 5.91 Å². The number of amides is 1. The molecule has 0 spiro atoms. The summed E-state index contributed by atoms with van der Waals surface area (Å²) in [6.07, 6.45) is 2.98. The summed E-state index contributed by atoms with van der Waals surface area (Å²) < 4.78 is 7.07. The Balaban J connectivity index is 1.76. The predicted molar refractivity (Wildman–Crippen MR) is 96.6 cm³/mol. The number of likely N-dealkylation sites (tertiary alicyclic amines) is 1. The van der Waals surface area contributed by atoms with Crippen molar-refractivity contribution in [1.82, 2.24) is 14.7 Å². The lowest BCUT2D eigenvalue weighted by atomic mass is 10.1. The maximum absolute atomic E-state index is 12.7. The lowest BCUT2D eigenvalue weighted by molar-refractivity contribution is -0.136. The summed E-state index contributed by atoms with van der Waals surface area (Å²) in [5.74, 6) is -0.0749. The van der Waals surface area contributed by atoms with E-state index in [0.29, 0.717) is 18.5 Å². The monoisotopic (exact) mass is 343 g/mol. The van der Waals surface area contributed by atoms with E-state index in [0.717, 1.165) is 36.9 Å². The molecule has 1 unspecified atom stereocenters. The number of aromatic nitrogens is 2. The van der Waals surface area contributed by atoms with Crippen LogP contribution >= 0.6 is 0 Å². The van der Waals surface area contributed by atoms with Crippen LogP contribution in [0.1, 0.15) is 31.9 Å². The van der Waals surface area contributed by atoms with Gasteiger partial charge in [-0.3, -0.25) is 9.59 Å². The normalized spacial score (nSPS) is 17.8. The third-order valence-electron chi connectivity index (χ3n) is 4.63. The summed E-state index contributed by atoms with van der Waals surface area (Å²) in [5.41, 5.74) is 0.538. The molecule has 1 atom stereocenters. The number of piperidine rings is 1. The van der Waals surface area contributed by atoms with Crippen LogP contribution in [0.3, 0.4) is 0 Å². The van der Waals surface area contributed by atoms with Crippen LogP contribution in [0.15, 0.2) is 29.1 Å². The molecule has 25 heavy (non-hydrogen) atoms. The molecular weight excluding hydrogens is 318 g/mol. The van der Waals surface area contributed by atoms with E-state index in [9.17, 15) is 9.59 Å². The van der Waals surface area contributed by atoms with E-state index in [2.05, 4.69) is 12.0 Å². The van der Waals surface area contributed by atoms with Crippen molar-refractivity contribution in [3.63, 3.8) is 0 Å². The van der Waals surface area contributed by atoms with Crippen LogP contribution in [0.2, 0.25) is 0 Å². The Morgan fingerprint density at radius 3 is 2.84 bits per heavy atom. The number of carbonyl (C=O) groups excluding carboxylic acids is 1. The molecular formula is C19H25N3O3. The second-order valence-corrected chi connectivity index (χ2v) is 6.57. The molecule has 1 saturated heterocycles. The van der Waals surface area contributed by atoms with Gasteiger partial charge in [0.1, 0.15) is 6.54 Å². The van der Waals surface area contributed by atoms with Gasteiger partial charge in [-0.25, -0.2) is 4.68 Å². The Labute approximate surface area is 147 Å². The van der Waals surface area contributed by atoms with Crippen molar-refractivity contribution in [2.24, 2.45) is 0 Å². The van der Waals surface area contributed by atoms with Crippen LogP contribution in [0.5, 0.6) is 0 Å². The highest BCUT2D eigenvalue weighted by molar-refractivity contribution is 5.83. The zero-order valence-electron chi connectivity index (χ0n) is 14.9. The number of carbonyl (C=O) groups is 1. The molecule has 6 nitrogen and oxygen atoms in total. The fourth-order valence-electron chi connectivity index (χ4n) is 3.33. The molecule has 1 aromatic carbocycles. The summed E-state index contributed by atoms with van der Waals surface area (Å²) in [6.45, 7) is 5.94. The topological polar surface area (TPSA) is 64.4 Å². The van der Waals surface area contributed by atoms with E-state index >= 15 is 0 Å². The maximum atomic E-state index is 12.7. The zero-order valence-corrected chi connectivity index (χ0v) is 14.9. The molecule has 0 saturated carbocycles. The van der Waals surface area contributed by atoms with Crippen LogP contribution in [0, 0.1) is 6.92 Å². The fourth-order valence-corrected chi connectivity index (χ4v) is 3.33. The third-order valence-corrected chi connectivity index (χ3v) is 4.63. The Hall–Kier alpha value is -2.21. The van der Waals surface area contributed by atoms with Gasteiger partial charge in [0.15, 0.2) is 0 Å². The van der Waals surface area contributed by atoms with Gasteiger partial charge in [-0.15, -0.1) is 0 Å². The van der Waals surface area contributed by atoms with Crippen molar-refractivity contribution in [2.45, 2.75) is 45.8 Å². The molecule has 134 valence electrons. The standard InChI is InChI=1S/C19H25N3O3/c1-3-11-25-15-7-6-10-21(12-15)18(23)13-22-19(24)17-9-5-4-8-16(17)14(2)20-22/h4-5,8-9,15H,3,6-7,10-13H2,1-2H3. The summed E-state index contributed by atoms with van der Waals surface area (Å²) in [7, 11) is 0. The lowest BCUT2D eigenvalue weighted by Gasteiger charge is -2.32. The highest BCUT2D eigenvalue weighted by atomic mass is 16.5. The van der Waals surface area contributed by atoms with Crippen molar-refractivity contribution in [1.29, 1.82) is 0 Å². The predicted octanol–water partition coefficient (Wildman–Crippen LogP) is 2.12. The quantitative estimate of drug-likeness (QED) is 0.834. The van der Waals surface area contributed by atoms with Crippen LogP contribution in [-0.4, -0.2) is 46.4 Å². The summed E-state index contributed by atoms with van der Waals surface area (Å²) in [6, 6.07) is 7.38. The van der Waals surface area contributed by atoms with Crippen LogP contribution < -0.4 is 5.56 Å². The Morgan fingerprint density at radius 2 is 2.08 bits per heavy atom. The smallest absolute Gasteiger partial charge is 0.275 e. The van der Waals surface area contributed by atoms with Gasteiger partial charge in [-0.05, 0) is 32.3 Å². The molecule has 0 N–H and O–H groups in total. The average Bonchev–Trinajstić information content (AvgIpc) is 2.64. The van der Waals surface area contributed by atoms with Gasteiger partial charge < -0.3 is 9.64 Å². The first-order valence-electron chi connectivity index (χ1n) is 8.96. The van der Waals surface area contributed by atoms with Crippen molar-refractivity contribution in [3.8, 4) is 0 Å². The molecule has 0 bridgehead atoms. The second kappa shape index (κ2) is 7.78. The number of fused-ring (bicyclic) bond motifs is 1. The van der Waals surface area contributed by atoms with Gasteiger partial charge >= 0.3 is 0 Å². The molecule has 1 aromatic heterocycles. The molecule has 2 heterocycles. The fraction of sp³-hybridized carbons (Fsp3) is 0.526. The van der Waals surface area contributed by atoms with Crippen LogP contribution in [0.25, 0.3) is 10.8 Å². The van der Waals surface area contributed by atoms with Gasteiger partial charge in [-0.2, -0.15) is 5.10 Å². The van der Waals surface area contributed by atoms with Gasteiger partial charge in [0.25, 0.3) is 5.56 Å². The zero-order chi connectivity index (χ0) is 17.8. The molecule has 2 aromatic rings. The summed E-state index contributed by atoms with van der Waals surface area (Å²) in [4.78, 5) is 27.1. The Bertz CT molecular complexity index is 815. The molecule has 1 aliphatic heterocycles. The van der Waals surface area contributed by atoms with E-state index in [1.807, 2.05) is 25.1 Å². The van der Waals surface area contributed by atoms with Gasteiger partial charge in [0.05, 0.1) is 17.2 Å². The summed E-state index contributed by atoms with van der Waals surface area (Å²) in [5, 5.41) is 5.77. The number of ether oxygens (including phenoxy) is 1. The number of hydrogen-bond acceptors (Lipinski definition) is 4. The molecule has 6 heteroatoms. The van der Waals surface area contributed by atoms with Crippen molar-refractivity contribution in [3.05, 3.63) is 40.3 Å². The number of hydrogen-bond donors (Lipinski definition) is 0. The molecule has 0 radical (unpaired) electrons. The number of benzene rings is 1. The molecule has 1 amide bonds. The Kier molecular flexibility index (Phi) is 5.48. The molecule has 0 aliphatic carbocycles. The number of rotatable bonds is 5. The molecule has 3 rings (SSSR count). The van der Waals surface area contributed by atoms with E-state index < -0.39 is 0 Å².